The Morgan fingerprint density at radius 2 is 2.14 bits per heavy atom. The van der Waals surface area contributed by atoms with Crippen molar-refractivity contribution in [1.29, 1.82) is 0 Å². The van der Waals surface area contributed by atoms with Crippen molar-refractivity contribution < 1.29 is 4.79 Å². The number of aryl methyl sites for hydroxylation is 1. The molecule has 21 heavy (non-hydrogen) atoms. The highest BCUT2D eigenvalue weighted by atomic mass is 35.5. The minimum absolute atomic E-state index is 0.0279. The van der Waals surface area contributed by atoms with Crippen LogP contribution in [0.15, 0.2) is 36.4 Å². The summed E-state index contributed by atoms with van der Waals surface area (Å²) in [5, 5.41) is 6.21. The summed E-state index contributed by atoms with van der Waals surface area (Å²) in [6, 6.07) is 11.8. The molecule has 3 nitrogen and oxygen atoms in total. The van der Waals surface area contributed by atoms with E-state index in [1.54, 1.807) is 0 Å². The molecule has 0 saturated heterocycles. The molecule has 5 heteroatoms. The van der Waals surface area contributed by atoms with Gasteiger partial charge in [-0.2, -0.15) is 0 Å². The van der Waals surface area contributed by atoms with E-state index in [0.29, 0.717) is 6.42 Å². The third kappa shape index (κ3) is 5.50. The standard InChI is InChI=1S/C16H19ClN2OS/c1-2-18-11-12-4-3-5-13(10-12)19-16(20)9-7-14-6-8-15(17)21-14/h3-6,8,10,18H,2,7,9,11H2,1H3,(H,19,20). The minimum Gasteiger partial charge on any atom is -0.326 e. The van der Waals surface area contributed by atoms with Gasteiger partial charge in [0.15, 0.2) is 0 Å². The minimum atomic E-state index is 0.0279. The number of rotatable bonds is 7. The summed E-state index contributed by atoms with van der Waals surface area (Å²) in [6.07, 6.45) is 1.19. The van der Waals surface area contributed by atoms with Gasteiger partial charge >= 0.3 is 0 Å². The smallest absolute Gasteiger partial charge is 0.224 e. The molecule has 2 N–H and O–H groups in total. The molecule has 1 heterocycles. The van der Waals surface area contributed by atoms with Crippen molar-refractivity contribution >= 4 is 34.5 Å². The normalized spacial score (nSPS) is 10.6. The summed E-state index contributed by atoms with van der Waals surface area (Å²) < 4.78 is 0.765. The molecule has 1 aromatic carbocycles. The van der Waals surface area contributed by atoms with Gasteiger partial charge in [0.2, 0.25) is 5.91 Å². The van der Waals surface area contributed by atoms with Crippen LogP contribution in [0.25, 0.3) is 0 Å². The van der Waals surface area contributed by atoms with Crippen LogP contribution in [0.5, 0.6) is 0 Å². The van der Waals surface area contributed by atoms with E-state index in [2.05, 4.69) is 17.6 Å². The molecule has 0 aliphatic carbocycles. The van der Waals surface area contributed by atoms with Crippen LogP contribution in [0.2, 0.25) is 4.34 Å². The molecule has 1 aromatic heterocycles. The lowest BCUT2D eigenvalue weighted by Gasteiger charge is -2.07. The third-order valence-corrected chi connectivity index (χ3v) is 4.31. The predicted molar refractivity (Wildman–Crippen MR) is 90.1 cm³/mol. The largest absolute Gasteiger partial charge is 0.326 e. The van der Waals surface area contributed by atoms with Gasteiger partial charge in [0.1, 0.15) is 0 Å². The molecule has 0 fully saturated rings. The Labute approximate surface area is 134 Å². The van der Waals surface area contributed by atoms with Crippen LogP contribution in [-0.2, 0) is 17.8 Å². The van der Waals surface area contributed by atoms with E-state index in [0.717, 1.165) is 34.4 Å². The molecule has 2 rings (SSSR count). The van der Waals surface area contributed by atoms with Gasteiger partial charge < -0.3 is 10.6 Å². The Morgan fingerprint density at radius 1 is 1.29 bits per heavy atom. The SMILES string of the molecule is CCNCc1cccc(NC(=O)CCc2ccc(Cl)s2)c1. The van der Waals surface area contributed by atoms with Crippen molar-refractivity contribution in [2.75, 3.05) is 11.9 Å². The highest BCUT2D eigenvalue weighted by Crippen LogP contribution is 2.22. The van der Waals surface area contributed by atoms with Gasteiger partial charge in [-0.15, -0.1) is 11.3 Å². The average Bonchev–Trinajstić information content (AvgIpc) is 2.89. The fraction of sp³-hybridized carbons (Fsp3) is 0.312. The first-order valence-electron chi connectivity index (χ1n) is 7.01. The Morgan fingerprint density at radius 3 is 2.86 bits per heavy atom. The van der Waals surface area contributed by atoms with Gasteiger partial charge in [-0.1, -0.05) is 30.7 Å². The van der Waals surface area contributed by atoms with Crippen LogP contribution in [0.1, 0.15) is 23.8 Å². The van der Waals surface area contributed by atoms with Crippen molar-refractivity contribution in [1.82, 2.24) is 5.32 Å². The molecular formula is C16H19ClN2OS. The maximum absolute atomic E-state index is 12.0. The van der Waals surface area contributed by atoms with E-state index >= 15 is 0 Å². The zero-order valence-corrected chi connectivity index (χ0v) is 13.6. The number of halogens is 1. The molecular weight excluding hydrogens is 304 g/mol. The molecule has 2 aromatic rings. The Kier molecular flexibility index (Phi) is 6.23. The average molecular weight is 323 g/mol. The lowest BCUT2D eigenvalue weighted by molar-refractivity contribution is -0.116. The van der Waals surface area contributed by atoms with Gasteiger partial charge in [0.25, 0.3) is 0 Å². The van der Waals surface area contributed by atoms with E-state index in [9.17, 15) is 4.79 Å². The summed E-state index contributed by atoms with van der Waals surface area (Å²) in [5.41, 5.74) is 2.01. The Balaban J connectivity index is 1.84. The number of amides is 1. The van der Waals surface area contributed by atoms with Crippen molar-refractivity contribution in [2.24, 2.45) is 0 Å². The molecule has 0 unspecified atom stereocenters. The molecule has 0 saturated carbocycles. The van der Waals surface area contributed by atoms with Crippen molar-refractivity contribution in [3.63, 3.8) is 0 Å². The molecule has 0 aliphatic rings. The predicted octanol–water partition coefficient (Wildman–Crippen LogP) is 4.08. The van der Waals surface area contributed by atoms with Crippen LogP contribution in [0, 0.1) is 0 Å². The monoisotopic (exact) mass is 322 g/mol. The van der Waals surface area contributed by atoms with Crippen LogP contribution in [-0.4, -0.2) is 12.5 Å². The molecule has 0 spiro atoms. The lowest BCUT2D eigenvalue weighted by atomic mass is 10.2. The van der Waals surface area contributed by atoms with Crippen molar-refractivity contribution in [2.45, 2.75) is 26.3 Å². The van der Waals surface area contributed by atoms with E-state index in [4.69, 9.17) is 11.6 Å². The zero-order valence-electron chi connectivity index (χ0n) is 12.0. The highest BCUT2D eigenvalue weighted by Gasteiger charge is 2.05. The Hall–Kier alpha value is -1.36. The molecule has 112 valence electrons. The summed E-state index contributed by atoms with van der Waals surface area (Å²) >= 11 is 7.40. The zero-order chi connectivity index (χ0) is 15.1. The third-order valence-electron chi connectivity index (χ3n) is 3.02. The van der Waals surface area contributed by atoms with Gasteiger partial charge in [0.05, 0.1) is 4.34 Å². The number of anilines is 1. The molecule has 0 radical (unpaired) electrons. The second-order valence-corrected chi connectivity index (χ2v) is 6.53. The van der Waals surface area contributed by atoms with Crippen LogP contribution in [0.4, 0.5) is 5.69 Å². The first-order chi connectivity index (χ1) is 10.2. The summed E-state index contributed by atoms with van der Waals surface area (Å²) in [6.45, 7) is 3.82. The highest BCUT2D eigenvalue weighted by molar-refractivity contribution is 7.16. The van der Waals surface area contributed by atoms with Gasteiger partial charge in [-0.3, -0.25) is 4.79 Å². The molecule has 0 atom stereocenters. The summed E-state index contributed by atoms with van der Waals surface area (Å²) in [7, 11) is 0. The van der Waals surface area contributed by atoms with E-state index in [-0.39, 0.29) is 5.91 Å². The topological polar surface area (TPSA) is 41.1 Å². The van der Waals surface area contributed by atoms with Gasteiger partial charge in [0, 0.05) is 23.5 Å². The van der Waals surface area contributed by atoms with Crippen LogP contribution in [0.3, 0.4) is 0 Å². The first kappa shape index (κ1) is 16.0. The van der Waals surface area contributed by atoms with Crippen LogP contribution >= 0.6 is 22.9 Å². The lowest BCUT2D eigenvalue weighted by Crippen LogP contribution is -2.14. The molecule has 0 bridgehead atoms. The van der Waals surface area contributed by atoms with Crippen molar-refractivity contribution in [3.05, 3.63) is 51.2 Å². The van der Waals surface area contributed by atoms with Crippen molar-refractivity contribution in [3.8, 4) is 0 Å². The van der Waals surface area contributed by atoms with Crippen LogP contribution < -0.4 is 10.6 Å². The summed E-state index contributed by atoms with van der Waals surface area (Å²) in [5.74, 6) is 0.0279. The second kappa shape index (κ2) is 8.17. The van der Waals surface area contributed by atoms with E-state index < -0.39 is 0 Å². The first-order valence-corrected chi connectivity index (χ1v) is 8.20. The number of thiophene rings is 1. The number of hydrogen-bond donors (Lipinski definition) is 2. The Bertz CT molecular complexity index is 597. The van der Waals surface area contributed by atoms with E-state index in [1.807, 2.05) is 36.4 Å². The number of hydrogen-bond acceptors (Lipinski definition) is 3. The number of benzene rings is 1. The number of carbonyl (C=O) groups excluding carboxylic acids is 1. The maximum Gasteiger partial charge on any atom is 0.224 e. The second-order valence-electron chi connectivity index (χ2n) is 4.73. The summed E-state index contributed by atoms with van der Waals surface area (Å²) in [4.78, 5) is 13.1. The maximum atomic E-state index is 12.0. The fourth-order valence-electron chi connectivity index (χ4n) is 1.97. The quantitative estimate of drug-likeness (QED) is 0.806. The number of carbonyl (C=O) groups is 1. The molecule has 1 amide bonds. The van der Waals surface area contributed by atoms with Gasteiger partial charge in [-0.05, 0) is 42.8 Å². The number of nitrogens with one attached hydrogen (secondary N) is 2. The molecule has 0 aliphatic heterocycles. The fourth-order valence-corrected chi connectivity index (χ4v) is 3.06. The van der Waals surface area contributed by atoms with E-state index in [1.165, 1.54) is 16.9 Å². The van der Waals surface area contributed by atoms with Gasteiger partial charge in [-0.25, -0.2) is 0 Å².